The number of aromatic nitrogens is 4. The molecule has 0 atom stereocenters. The van der Waals surface area contributed by atoms with Crippen LogP contribution in [-0.2, 0) is 17.9 Å². The first kappa shape index (κ1) is 16.2. The molecule has 1 saturated heterocycles. The highest BCUT2D eigenvalue weighted by Crippen LogP contribution is 2.25. The first-order valence-corrected chi connectivity index (χ1v) is 8.78. The second-order valence-corrected chi connectivity index (χ2v) is 6.62. The van der Waals surface area contributed by atoms with Crippen LogP contribution in [0.15, 0.2) is 42.7 Å². The van der Waals surface area contributed by atoms with E-state index >= 15 is 0 Å². The van der Waals surface area contributed by atoms with E-state index in [9.17, 15) is 0 Å². The number of piperidine rings is 1. The Labute approximate surface area is 147 Å². The maximum absolute atomic E-state index is 5.12. The molecule has 1 fully saturated rings. The van der Waals surface area contributed by atoms with Crippen molar-refractivity contribution in [3.63, 3.8) is 0 Å². The standard InChI is InChI=1S/C19H23N5O/c1-25-14-16-13-24(22-21-16)17-7-10-23(11-8-17)12-15-6-9-20-19-5-3-2-4-18(15)19/h2-6,9,13,17H,7-8,10-12,14H2,1H3. The first-order chi connectivity index (χ1) is 12.3. The van der Waals surface area contributed by atoms with E-state index in [1.165, 1.54) is 10.9 Å². The van der Waals surface area contributed by atoms with Gasteiger partial charge in [-0.05, 0) is 30.5 Å². The van der Waals surface area contributed by atoms with Crippen LogP contribution < -0.4 is 0 Å². The van der Waals surface area contributed by atoms with Crippen molar-refractivity contribution in [1.82, 2.24) is 24.9 Å². The third-order valence-electron chi connectivity index (χ3n) is 4.91. The highest BCUT2D eigenvalue weighted by molar-refractivity contribution is 5.81. The maximum Gasteiger partial charge on any atom is 0.108 e. The second kappa shape index (κ2) is 7.29. The summed E-state index contributed by atoms with van der Waals surface area (Å²) in [6.45, 7) is 3.64. The molecule has 1 aromatic carbocycles. The Hall–Kier alpha value is -2.31. The molecular formula is C19H23N5O. The minimum atomic E-state index is 0.434. The lowest BCUT2D eigenvalue weighted by atomic mass is 10.0. The van der Waals surface area contributed by atoms with Crippen LogP contribution >= 0.6 is 0 Å². The molecule has 2 aromatic heterocycles. The number of hydrogen-bond donors (Lipinski definition) is 0. The van der Waals surface area contributed by atoms with Gasteiger partial charge in [0.05, 0.1) is 24.4 Å². The van der Waals surface area contributed by atoms with Crippen LogP contribution in [0, 0.1) is 0 Å². The number of benzene rings is 1. The summed E-state index contributed by atoms with van der Waals surface area (Å²) in [5, 5.41) is 9.69. The third-order valence-corrected chi connectivity index (χ3v) is 4.91. The van der Waals surface area contributed by atoms with E-state index in [1.54, 1.807) is 7.11 Å². The van der Waals surface area contributed by atoms with Gasteiger partial charge in [0, 0.05) is 38.3 Å². The van der Waals surface area contributed by atoms with Gasteiger partial charge >= 0.3 is 0 Å². The van der Waals surface area contributed by atoms with Crippen LogP contribution in [0.3, 0.4) is 0 Å². The summed E-state index contributed by atoms with van der Waals surface area (Å²) in [5.74, 6) is 0. The number of para-hydroxylation sites is 1. The molecule has 6 nitrogen and oxygen atoms in total. The van der Waals surface area contributed by atoms with Crippen LogP contribution in [-0.4, -0.2) is 45.1 Å². The van der Waals surface area contributed by atoms with E-state index in [0.29, 0.717) is 12.6 Å². The fourth-order valence-corrected chi connectivity index (χ4v) is 3.58. The van der Waals surface area contributed by atoms with E-state index in [2.05, 4.69) is 44.5 Å². The summed E-state index contributed by atoms with van der Waals surface area (Å²) in [6.07, 6.45) is 6.12. The summed E-state index contributed by atoms with van der Waals surface area (Å²) in [5.41, 5.74) is 3.32. The molecule has 0 bridgehead atoms. The minimum absolute atomic E-state index is 0.434. The van der Waals surface area contributed by atoms with Crippen LogP contribution in [0.1, 0.15) is 30.1 Å². The number of ether oxygens (including phenoxy) is 1. The number of rotatable bonds is 5. The molecule has 130 valence electrons. The number of fused-ring (bicyclic) bond motifs is 1. The summed E-state index contributed by atoms with van der Waals surface area (Å²) in [4.78, 5) is 6.98. The fourth-order valence-electron chi connectivity index (χ4n) is 3.58. The normalized spacial score (nSPS) is 16.5. The Kier molecular flexibility index (Phi) is 4.72. The van der Waals surface area contributed by atoms with Gasteiger partial charge in [0.1, 0.15) is 5.69 Å². The number of pyridine rings is 1. The lowest BCUT2D eigenvalue weighted by molar-refractivity contribution is 0.172. The Morgan fingerprint density at radius 1 is 1.16 bits per heavy atom. The Bertz CT molecular complexity index is 833. The molecule has 0 radical (unpaired) electrons. The van der Waals surface area contributed by atoms with E-state index < -0.39 is 0 Å². The lowest BCUT2D eigenvalue weighted by Crippen LogP contribution is -2.34. The zero-order valence-corrected chi connectivity index (χ0v) is 14.5. The van der Waals surface area contributed by atoms with Crippen LogP contribution in [0.4, 0.5) is 0 Å². The van der Waals surface area contributed by atoms with Gasteiger partial charge in [-0.3, -0.25) is 9.88 Å². The van der Waals surface area contributed by atoms with E-state index in [0.717, 1.165) is 43.7 Å². The molecule has 0 unspecified atom stereocenters. The zero-order valence-electron chi connectivity index (χ0n) is 14.5. The monoisotopic (exact) mass is 337 g/mol. The SMILES string of the molecule is COCc1cn(C2CCN(Cc3ccnc4ccccc34)CC2)nn1. The average molecular weight is 337 g/mol. The molecule has 3 heterocycles. The van der Waals surface area contributed by atoms with Gasteiger partial charge in [-0.1, -0.05) is 23.4 Å². The predicted molar refractivity (Wildman–Crippen MR) is 96.0 cm³/mol. The van der Waals surface area contributed by atoms with E-state index in [4.69, 9.17) is 4.74 Å². The minimum Gasteiger partial charge on any atom is -0.378 e. The smallest absolute Gasteiger partial charge is 0.108 e. The van der Waals surface area contributed by atoms with Gasteiger partial charge in [-0.25, -0.2) is 4.68 Å². The van der Waals surface area contributed by atoms with Crippen LogP contribution in [0.5, 0.6) is 0 Å². The molecule has 0 saturated carbocycles. The number of hydrogen-bond acceptors (Lipinski definition) is 5. The zero-order chi connectivity index (χ0) is 17.1. The van der Waals surface area contributed by atoms with Crippen molar-refractivity contribution in [3.05, 3.63) is 54.0 Å². The first-order valence-electron chi connectivity index (χ1n) is 8.78. The lowest BCUT2D eigenvalue weighted by Gasteiger charge is -2.32. The van der Waals surface area contributed by atoms with Gasteiger partial charge in [-0.15, -0.1) is 5.10 Å². The van der Waals surface area contributed by atoms with Crippen LogP contribution in [0.2, 0.25) is 0 Å². The van der Waals surface area contributed by atoms with Crippen molar-refractivity contribution in [3.8, 4) is 0 Å². The quantitative estimate of drug-likeness (QED) is 0.716. The van der Waals surface area contributed by atoms with Gasteiger partial charge in [-0.2, -0.15) is 0 Å². The summed E-state index contributed by atoms with van der Waals surface area (Å²) in [6, 6.07) is 10.9. The highest BCUT2D eigenvalue weighted by atomic mass is 16.5. The van der Waals surface area contributed by atoms with Crippen molar-refractivity contribution >= 4 is 10.9 Å². The van der Waals surface area contributed by atoms with Crippen LogP contribution in [0.25, 0.3) is 10.9 Å². The third kappa shape index (κ3) is 3.55. The fraction of sp³-hybridized carbons (Fsp3) is 0.421. The summed E-state index contributed by atoms with van der Waals surface area (Å²) >= 11 is 0. The summed E-state index contributed by atoms with van der Waals surface area (Å²) in [7, 11) is 1.68. The Balaban J connectivity index is 1.40. The van der Waals surface area contributed by atoms with Crippen molar-refractivity contribution in [2.75, 3.05) is 20.2 Å². The highest BCUT2D eigenvalue weighted by Gasteiger charge is 2.22. The van der Waals surface area contributed by atoms with Gasteiger partial charge < -0.3 is 4.74 Å². The Morgan fingerprint density at radius 2 is 2.00 bits per heavy atom. The number of likely N-dealkylation sites (tertiary alicyclic amines) is 1. The topological polar surface area (TPSA) is 56.1 Å². The summed E-state index contributed by atoms with van der Waals surface area (Å²) < 4.78 is 7.13. The van der Waals surface area contributed by atoms with E-state index in [-0.39, 0.29) is 0 Å². The van der Waals surface area contributed by atoms with Crippen molar-refractivity contribution in [2.45, 2.75) is 32.0 Å². The second-order valence-electron chi connectivity index (χ2n) is 6.62. The largest absolute Gasteiger partial charge is 0.378 e. The molecular weight excluding hydrogens is 314 g/mol. The molecule has 3 aromatic rings. The average Bonchev–Trinajstić information content (AvgIpc) is 3.12. The maximum atomic E-state index is 5.12. The molecule has 0 amide bonds. The molecule has 25 heavy (non-hydrogen) atoms. The number of nitrogens with zero attached hydrogens (tertiary/aromatic N) is 5. The molecule has 1 aliphatic rings. The Morgan fingerprint density at radius 3 is 2.84 bits per heavy atom. The van der Waals surface area contributed by atoms with Crippen molar-refractivity contribution in [2.24, 2.45) is 0 Å². The predicted octanol–water partition coefficient (Wildman–Crippen LogP) is 2.81. The molecule has 6 heteroatoms. The van der Waals surface area contributed by atoms with Gasteiger partial charge in [0.25, 0.3) is 0 Å². The molecule has 0 aliphatic carbocycles. The molecule has 1 aliphatic heterocycles. The van der Waals surface area contributed by atoms with Crippen molar-refractivity contribution < 1.29 is 4.74 Å². The molecule has 0 N–H and O–H groups in total. The number of methoxy groups -OCH3 is 1. The van der Waals surface area contributed by atoms with Gasteiger partial charge in [0.2, 0.25) is 0 Å². The molecule has 0 spiro atoms. The van der Waals surface area contributed by atoms with E-state index in [1.807, 2.05) is 23.1 Å². The molecule has 4 rings (SSSR count). The van der Waals surface area contributed by atoms with Crippen molar-refractivity contribution in [1.29, 1.82) is 0 Å². The van der Waals surface area contributed by atoms with Gasteiger partial charge in [0.15, 0.2) is 0 Å².